The summed E-state index contributed by atoms with van der Waals surface area (Å²) >= 11 is 0. The number of benzene rings is 2. The van der Waals surface area contributed by atoms with Crippen LogP contribution in [0.1, 0.15) is 49.7 Å². The number of para-hydroxylation sites is 1. The van der Waals surface area contributed by atoms with Gasteiger partial charge in [0.25, 0.3) is 0 Å². The summed E-state index contributed by atoms with van der Waals surface area (Å²) in [6, 6.07) is 12.9. The Hall–Kier alpha value is -3.52. The number of methoxy groups -OCH3 is 1. The van der Waals surface area contributed by atoms with Gasteiger partial charge in [-0.1, -0.05) is 43.5 Å². The van der Waals surface area contributed by atoms with Crippen LogP contribution in [0.15, 0.2) is 64.0 Å². The molecule has 0 N–H and O–H groups in total. The van der Waals surface area contributed by atoms with Gasteiger partial charge in [0, 0.05) is 32.7 Å². The highest BCUT2D eigenvalue weighted by Crippen LogP contribution is 2.26. The number of fused-ring (bicyclic) bond motifs is 1. The van der Waals surface area contributed by atoms with E-state index < -0.39 is 0 Å². The molecular formula is C30H35FN2O5. The maximum atomic E-state index is 13.7. The molecule has 0 radical (unpaired) electrons. The molecule has 0 aliphatic heterocycles. The Labute approximate surface area is 222 Å². The molecule has 202 valence electrons. The number of rotatable bonds is 11. The first-order chi connectivity index (χ1) is 18.5. The highest BCUT2D eigenvalue weighted by molar-refractivity contribution is 5.86. The fourth-order valence-electron chi connectivity index (χ4n) is 5.01. The van der Waals surface area contributed by atoms with Gasteiger partial charge in [-0.15, -0.1) is 0 Å². The van der Waals surface area contributed by atoms with Gasteiger partial charge in [0.15, 0.2) is 5.43 Å². The van der Waals surface area contributed by atoms with Gasteiger partial charge in [0.05, 0.1) is 30.3 Å². The number of amides is 2. The summed E-state index contributed by atoms with van der Waals surface area (Å²) in [6.07, 6.45) is 6.85. The number of carbonyl (C=O) groups is 2. The van der Waals surface area contributed by atoms with Gasteiger partial charge in [-0.2, -0.15) is 0 Å². The molecule has 0 unspecified atom stereocenters. The topological polar surface area (TPSA) is 80.1 Å². The van der Waals surface area contributed by atoms with Gasteiger partial charge in [-0.05, 0) is 49.1 Å². The lowest BCUT2D eigenvalue weighted by Gasteiger charge is -2.31. The molecule has 0 atom stereocenters. The van der Waals surface area contributed by atoms with Crippen molar-refractivity contribution in [2.24, 2.45) is 5.92 Å². The van der Waals surface area contributed by atoms with Crippen molar-refractivity contribution in [3.8, 4) is 0 Å². The van der Waals surface area contributed by atoms with Crippen molar-refractivity contribution in [3.63, 3.8) is 0 Å². The first kappa shape index (κ1) is 27.5. The molecule has 1 heterocycles. The van der Waals surface area contributed by atoms with Crippen LogP contribution in [-0.2, 0) is 27.4 Å². The van der Waals surface area contributed by atoms with E-state index in [0.29, 0.717) is 36.1 Å². The van der Waals surface area contributed by atoms with Crippen LogP contribution in [0.2, 0.25) is 0 Å². The maximum Gasteiger partial charge on any atom is 0.242 e. The average Bonchev–Trinajstić information content (AvgIpc) is 2.95. The molecule has 7 nitrogen and oxygen atoms in total. The third kappa shape index (κ3) is 7.07. The molecule has 8 heteroatoms. The number of nitrogens with zero attached hydrogens (tertiary/aromatic N) is 2. The Morgan fingerprint density at radius 2 is 1.74 bits per heavy atom. The van der Waals surface area contributed by atoms with E-state index in [2.05, 4.69) is 0 Å². The van der Waals surface area contributed by atoms with Crippen molar-refractivity contribution < 1.29 is 23.1 Å². The molecule has 38 heavy (non-hydrogen) atoms. The quantitative estimate of drug-likeness (QED) is 0.335. The molecule has 3 aromatic rings. The lowest BCUT2D eigenvalue weighted by Crippen LogP contribution is -2.45. The zero-order valence-electron chi connectivity index (χ0n) is 21.9. The second-order valence-corrected chi connectivity index (χ2v) is 9.90. The highest BCUT2D eigenvalue weighted by atomic mass is 19.1. The van der Waals surface area contributed by atoms with Crippen LogP contribution in [0.5, 0.6) is 0 Å². The SMILES string of the molecule is COCCCN(CC(=O)N(Cc1ccc(F)cc1)Cc1coc2ccccc2c1=O)C(=O)C1CCCCC1. The van der Waals surface area contributed by atoms with Crippen LogP contribution in [0.25, 0.3) is 11.0 Å². The lowest BCUT2D eigenvalue weighted by atomic mass is 9.88. The minimum Gasteiger partial charge on any atom is -0.464 e. The minimum absolute atomic E-state index is 0.00102. The fourth-order valence-corrected chi connectivity index (χ4v) is 5.01. The average molecular weight is 523 g/mol. The standard InChI is InChI=1S/C30H35FN2O5/c1-37-17-7-16-32(30(36)23-8-3-2-4-9-23)20-28(34)33(18-22-12-14-25(31)15-13-22)19-24-21-38-27-11-6-5-10-26(27)29(24)35/h5-6,10-15,21,23H,2-4,7-9,16-20H2,1H3. The van der Waals surface area contributed by atoms with Crippen molar-refractivity contribution >= 4 is 22.8 Å². The van der Waals surface area contributed by atoms with E-state index in [4.69, 9.17) is 9.15 Å². The van der Waals surface area contributed by atoms with Crippen LogP contribution in [-0.4, -0.2) is 48.4 Å². The molecule has 1 saturated carbocycles. The van der Waals surface area contributed by atoms with Crippen molar-refractivity contribution in [1.82, 2.24) is 9.80 Å². The number of carbonyl (C=O) groups excluding carboxylic acids is 2. The molecule has 1 fully saturated rings. The minimum atomic E-state index is -0.371. The molecular weight excluding hydrogens is 487 g/mol. The van der Waals surface area contributed by atoms with Gasteiger partial charge >= 0.3 is 0 Å². The first-order valence-electron chi connectivity index (χ1n) is 13.3. The molecule has 4 rings (SSSR count). The summed E-state index contributed by atoms with van der Waals surface area (Å²) in [5, 5.41) is 0.438. The van der Waals surface area contributed by atoms with Crippen molar-refractivity contribution in [2.75, 3.05) is 26.8 Å². The van der Waals surface area contributed by atoms with E-state index in [-0.39, 0.29) is 48.6 Å². The summed E-state index contributed by atoms with van der Waals surface area (Å²) in [7, 11) is 1.61. The van der Waals surface area contributed by atoms with E-state index >= 15 is 0 Å². The van der Waals surface area contributed by atoms with Gasteiger partial charge in [-0.25, -0.2) is 4.39 Å². The molecule has 2 amide bonds. The van der Waals surface area contributed by atoms with E-state index in [0.717, 1.165) is 37.7 Å². The summed E-state index contributed by atoms with van der Waals surface area (Å²) in [6.45, 7) is 0.971. The lowest BCUT2D eigenvalue weighted by molar-refractivity contribution is -0.144. The highest BCUT2D eigenvalue weighted by Gasteiger charge is 2.29. The Balaban J connectivity index is 1.58. The van der Waals surface area contributed by atoms with Crippen LogP contribution >= 0.6 is 0 Å². The van der Waals surface area contributed by atoms with Gasteiger partial charge in [0.2, 0.25) is 11.8 Å². The number of ether oxygens (including phenoxy) is 1. The molecule has 0 saturated heterocycles. The van der Waals surface area contributed by atoms with Crippen molar-refractivity contribution in [3.05, 3.63) is 82.0 Å². The number of halogens is 1. The Morgan fingerprint density at radius 3 is 2.47 bits per heavy atom. The van der Waals surface area contributed by atoms with Gasteiger partial charge < -0.3 is 19.0 Å². The predicted octanol–water partition coefficient (Wildman–Crippen LogP) is 4.91. The van der Waals surface area contributed by atoms with Crippen molar-refractivity contribution in [2.45, 2.75) is 51.6 Å². The largest absolute Gasteiger partial charge is 0.464 e. The monoisotopic (exact) mass is 522 g/mol. The molecule has 0 spiro atoms. The molecule has 1 aliphatic rings. The van der Waals surface area contributed by atoms with Gasteiger partial charge in [0.1, 0.15) is 11.4 Å². The van der Waals surface area contributed by atoms with E-state index in [9.17, 15) is 18.8 Å². The zero-order chi connectivity index (χ0) is 26.9. The van der Waals surface area contributed by atoms with E-state index in [1.54, 1.807) is 48.4 Å². The second-order valence-electron chi connectivity index (χ2n) is 9.90. The van der Waals surface area contributed by atoms with E-state index in [1.165, 1.54) is 23.3 Å². The summed E-state index contributed by atoms with van der Waals surface area (Å²) in [4.78, 5) is 43.5. The zero-order valence-corrected chi connectivity index (χ0v) is 21.9. The van der Waals surface area contributed by atoms with Crippen LogP contribution in [0, 0.1) is 11.7 Å². The molecule has 0 bridgehead atoms. The summed E-state index contributed by atoms with van der Waals surface area (Å²) in [5.41, 5.74) is 1.32. The Morgan fingerprint density at radius 1 is 1.00 bits per heavy atom. The second kappa shape index (κ2) is 13.3. The third-order valence-electron chi connectivity index (χ3n) is 7.12. The molecule has 2 aromatic carbocycles. The maximum absolute atomic E-state index is 13.7. The first-order valence-corrected chi connectivity index (χ1v) is 13.3. The predicted molar refractivity (Wildman–Crippen MR) is 143 cm³/mol. The Bertz CT molecular complexity index is 1280. The third-order valence-corrected chi connectivity index (χ3v) is 7.12. The summed E-state index contributed by atoms with van der Waals surface area (Å²) < 4.78 is 24.4. The van der Waals surface area contributed by atoms with Gasteiger partial charge in [-0.3, -0.25) is 14.4 Å². The smallest absolute Gasteiger partial charge is 0.242 e. The van der Waals surface area contributed by atoms with E-state index in [1.807, 2.05) is 0 Å². The summed E-state index contributed by atoms with van der Waals surface area (Å²) in [5.74, 6) is -0.731. The normalized spacial score (nSPS) is 13.9. The molecule has 1 aromatic heterocycles. The number of hydrogen-bond donors (Lipinski definition) is 0. The number of hydrogen-bond acceptors (Lipinski definition) is 5. The van der Waals surface area contributed by atoms with Crippen LogP contribution < -0.4 is 5.43 Å². The van der Waals surface area contributed by atoms with Crippen LogP contribution in [0.3, 0.4) is 0 Å². The van der Waals surface area contributed by atoms with Crippen molar-refractivity contribution in [1.29, 1.82) is 0 Å². The fraction of sp³-hybridized carbons (Fsp3) is 0.433. The molecule has 1 aliphatic carbocycles. The van der Waals surface area contributed by atoms with Crippen LogP contribution in [0.4, 0.5) is 4.39 Å². The Kier molecular flexibility index (Phi) is 9.65.